The zero-order chi connectivity index (χ0) is 14.6. The van der Waals surface area contributed by atoms with Gasteiger partial charge in [0.15, 0.2) is 5.96 Å². The van der Waals surface area contributed by atoms with E-state index >= 15 is 0 Å². The second-order valence-corrected chi connectivity index (χ2v) is 4.68. The van der Waals surface area contributed by atoms with Crippen molar-refractivity contribution in [2.24, 2.45) is 4.99 Å². The first-order chi connectivity index (χ1) is 9.81. The average molecular weight is 405 g/mol. The molecule has 0 radical (unpaired) electrons. The number of guanidine groups is 1. The molecule has 0 aliphatic rings. The Morgan fingerprint density at radius 1 is 1.14 bits per heavy atom. The van der Waals surface area contributed by atoms with Crippen molar-refractivity contribution in [2.75, 3.05) is 20.2 Å². The zero-order valence-corrected chi connectivity index (χ0v) is 15.6. The van der Waals surface area contributed by atoms with Gasteiger partial charge in [0.1, 0.15) is 0 Å². The van der Waals surface area contributed by atoms with Crippen LogP contribution >= 0.6 is 24.0 Å². The van der Waals surface area contributed by atoms with E-state index in [2.05, 4.69) is 41.6 Å². The van der Waals surface area contributed by atoms with Gasteiger partial charge in [-0.3, -0.25) is 0 Å². The van der Waals surface area contributed by atoms with Crippen molar-refractivity contribution >= 4 is 29.9 Å². The monoisotopic (exact) mass is 405 g/mol. The van der Waals surface area contributed by atoms with E-state index in [4.69, 9.17) is 4.74 Å². The molecule has 5 heteroatoms. The number of nitrogens with zero attached hydrogens (tertiary/aromatic N) is 1. The van der Waals surface area contributed by atoms with Crippen molar-refractivity contribution in [3.8, 4) is 0 Å². The molecular weight excluding hydrogens is 377 g/mol. The minimum Gasteiger partial charge on any atom is -0.380 e. The lowest BCUT2D eigenvalue weighted by molar-refractivity contribution is 0.184. The molecule has 21 heavy (non-hydrogen) atoms. The number of hydrogen-bond donors (Lipinski definition) is 2. The Morgan fingerprint density at radius 3 is 2.48 bits per heavy atom. The summed E-state index contributed by atoms with van der Waals surface area (Å²) >= 11 is 0. The summed E-state index contributed by atoms with van der Waals surface area (Å²) in [5.41, 5.74) is 2.41. The minimum atomic E-state index is 0. The van der Waals surface area contributed by atoms with Gasteiger partial charge in [-0.15, -0.1) is 24.0 Å². The molecule has 4 nitrogen and oxygen atoms in total. The number of rotatable bonds is 8. The standard InChI is InChI=1S/C16H27N3O.HI/c1-4-6-11-18-16(17-5-2)19-12-14-9-7-8-10-15(14)13-20-3;/h7-10H,4-6,11-13H2,1-3H3,(H2,17,18,19);1H. The van der Waals surface area contributed by atoms with Crippen molar-refractivity contribution < 1.29 is 4.74 Å². The maximum atomic E-state index is 5.22. The van der Waals surface area contributed by atoms with E-state index in [0.29, 0.717) is 13.2 Å². The molecule has 0 saturated heterocycles. The Labute approximate surface area is 145 Å². The lowest BCUT2D eigenvalue weighted by atomic mass is 10.1. The van der Waals surface area contributed by atoms with Gasteiger partial charge in [-0.1, -0.05) is 37.6 Å². The van der Waals surface area contributed by atoms with E-state index in [9.17, 15) is 0 Å². The van der Waals surface area contributed by atoms with E-state index in [1.807, 2.05) is 12.1 Å². The van der Waals surface area contributed by atoms with Crippen molar-refractivity contribution in [2.45, 2.75) is 39.8 Å². The van der Waals surface area contributed by atoms with Crippen LogP contribution in [-0.4, -0.2) is 26.2 Å². The van der Waals surface area contributed by atoms with Crippen LogP contribution in [0, 0.1) is 0 Å². The van der Waals surface area contributed by atoms with Gasteiger partial charge in [0, 0.05) is 20.2 Å². The second kappa shape index (κ2) is 12.9. The third-order valence-electron chi connectivity index (χ3n) is 2.99. The third-order valence-corrected chi connectivity index (χ3v) is 2.99. The van der Waals surface area contributed by atoms with Gasteiger partial charge in [0.2, 0.25) is 0 Å². The van der Waals surface area contributed by atoms with Crippen molar-refractivity contribution in [3.63, 3.8) is 0 Å². The maximum absolute atomic E-state index is 5.22. The number of nitrogens with one attached hydrogen (secondary N) is 2. The molecule has 0 unspecified atom stereocenters. The van der Waals surface area contributed by atoms with Crippen molar-refractivity contribution in [1.29, 1.82) is 0 Å². The maximum Gasteiger partial charge on any atom is 0.191 e. The number of aliphatic imine (C=N–C) groups is 1. The molecule has 1 aromatic carbocycles. The highest BCUT2D eigenvalue weighted by atomic mass is 127. The van der Waals surface area contributed by atoms with E-state index in [1.165, 1.54) is 17.5 Å². The Balaban J connectivity index is 0.00000400. The number of hydrogen-bond acceptors (Lipinski definition) is 2. The molecule has 0 aliphatic heterocycles. The molecule has 1 rings (SSSR count). The molecule has 1 aromatic rings. The highest BCUT2D eigenvalue weighted by molar-refractivity contribution is 14.0. The molecule has 0 saturated carbocycles. The predicted molar refractivity (Wildman–Crippen MR) is 100 cm³/mol. The summed E-state index contributed by atoms with van der Waals surface area (Å²) in [6, 6.07) is 8.27. The summed E-state index contributed by atoms with van der Waals surface area (Å²) in [4.78, 5) is 4.64. The van der Waals surface area contributed by atoms with Crippen molar-refractivity contribution in [3.05, 3.63) is 35.4 Å². The lowest BCUT2D eigenvalue weighted by Gasteiger charge is -2.12. The van der Waals surface area contributed by atoms with Gasteiger partial charge in [-0.05, 0) is 24.5 Å². The number of ether oxygens (including phenoxy) is 1. The van der Waals surface area contributed by atoms with Crippen LogP contribution in [0.2, 0.25) is 0 Å². The summed E-state index contributed by atoms with van der Waals surface area (Å²) in [6.07, 6.45) is 2.34. The largest absolute Gasteiger partial charge is 0.380 e. The first-order valence-electron chi connectivity index (χ1n) is 7.39. The van der Waals surface area contributed by atoms with Gasteiger partial charge in [-0.2, -0.15) is 0 Å². The third kappa shape index (κ3) is 8.26. The number of halogens is 1. The van der Waals surface area contributed by atoms with E-state index < -0.39 is 0 Å². The molecule has 0 aromatic heterocycles. The Kier molecular flexibility index (Phi) is 12.4. The molecule has 0 amide bonds. The topological polar surface area (TPSA) is 45.7 Å². The molecule has 0 atom stereocenters. The van der Waals surface area contributed by atoms with Gasteiger partial charge in [0.25, 0.3) is 0 Å². The fourth-order valence-electron chi connectivity index (χ4n) is 1.90. The van der Waals surface area contributed by atoms with Gasteiger partial charge >= 0.3 is 0 Å². The average Bonchev–Trinajstić information content (AvgIpc) is 2.46. The lowest BCUT2D eigenvalue weighted by Crippen LogP contribution is -2.37. The molecule has 0 heterocycles. The van der Waals surface area contributed by atoms with Crippen LogP contribution < -0.4 is 10.6 Å². The normalized spacial score (nSPS) is 10.9. The van der Waals surface area contributed by atoms with Gasteiger partial charge in [0.05, 0.1) is 13.2 Å². The minimum absolute atomic E-state index is 0. The fourth-order valence-corrected chi connectivity index (χ4v) is 1.90. The van der Waals surface area contributed by atoms with Crippen LogP contribution in [0.1, 0.15) is 37.8 Å². The van der Waals surface area contributed by atoms with Crippen LogP contribution in [0.4, 0.5) is 0 Å². The molecular formula is C16H28IN3O. The molecule has 2 N–H and O–H groups in total. The SMILES string of the molecule is CCCCNC(=NCc1ccccc1COC)NCC.I. The van der Waals surface area contributed by atoms with Crippen LogP contribution in [0.15, 0.2) is 29.3 Å². The van der Waals surface area contributed by atoms with Crippen LogP contribution in [-0.2, 0) is 17.9 Å². The fraction of sp³-hybridized carbons (Fsp3) is 0.562. The summed E-state index contributed by atoms with van der Waals surface area (Å²) in [6.45, 7) is 7.40. The van der Waals surface area contributed by atoms with Crippen LogP contribution in [0.5, 0.6) is 0 Å². The molecule has 0 aliphatic carbocycles. The summed E-state index contributed by atoms with van der Waals surface area (Å²) in [5.74, 6) is 0.883. The number of unbranched alkanes of at least 4 members (excludes halogenated alkanes) is 1. The Bertz CT molecular complexity index is 410. The van der Waals surface area contributed by atoms with E-state index in [-0.39, 0.29) is 24.0 Å². The molecule has 0 fully saturated rings. The Morgan fingerprint density at radius 2 is 1.86 bits per heavy atom. The predicted octanol–water partition coefficient (Wildman–Crippen LogP) is 3.31. The molecule has 0 bridgehead atoms. The zero-order valence-electron chi connectivity index (χ0n) is 13.3. The highest BCUT2D eigenvalue weighted by Gasteiger charge is 2.02. The quantitative estimate of drug-likeness (QED) is 0.302. The van der Waals surface area contributed by atoms with E-state index in [0.717, 1.165) is 25.5 Å². The molecule has 0 spiro atoms. The summed E-state index contributed by atoms with van der Waals surface area (Å²) in [5, 5.41) is 6.62. The van der Waals surface area contributed by atoms with Crippen molar-refractivity contribution in [1.82, 2.24) is 10.6 Å². The first-order valence-corrected chi connectivity index (χ1v) is 7.39. The summed E-state index contributed by atoms with van der Waals surface area (Å²) < 4.78 is 5.22. The second-order valence-electron chi connectivity index (χ2n) is 4.68. The highest BCUT2D eigenvalue weighted by Crippen LogP contribution is 2.11. The van der Waals surface area contributed by atoms with Gasteiger partial charge in [-0.25, -0.2) is 4.99 Å². The number of methoxy groups -OCH3 is 1. The van der Waals surface area contributed by atoms with E-state index in [1.54, 1.807) is 7.11 Å². The summed E-state index contributed by atoms with van der Waals surface area (Å²) in [7, 11) is 1.72. The van der Waals surface area contributed by atoms with Crippen LogP contribution in [0.3, 0.4) is 0 Å². The number of benzene rings is 1. The smallest absolute Gasteiger partial charge is 0.191 e. The Hall–Kier alpha value is -0.820. The van der Waals surface area contributed by atoms with Crippen LogP contribution in [0.25, 0.3) is 0 Å². The first kappa shape index (κ1) is 20.2. The molecule has 120 valence electrons. The van der Waals surface area contributed by atoms with Gasteiger partial charge < -0.3 is 15.4 Å².